The van der Waals surface area contributed by atoms with Gasteiger partial charge in [-0.05, 0) is 13.3 Å². The molecule has 0 aromatic heterocycles. The van der Waals surface area contributed by atoms with Crippen LogP contribution in [0.3, 0.4) is 0 Å². The predicted molar refractivity (Wildman–Crippen MR) is 55.4 cm³/mol. The maximum Gasteiger partial charge on any atom is 0.311 e. The molecule has 4 heteroatoms. The van der Waals surface area contributed by atoms with Crippen LogP contribution in [0, 0.1) is 5.92 Å². The largest absolute Gasteiger partial charge is 0.469 e. The van der Waals surface area contributed by atoms with Gasteiger partial charge in [0.2, 0.25) is 0 Å². The maximum absolute atomic E-state index is 11.4. The Morgan fingerprint density at radius 3 is 2.53 bits per heavy atom. The molecule has 1 rings (SSSR count). The van der Waals surface area contributed by atoms with Gasteiger partial charge < -0.3 is 14.6 Å². The van der Waals surface area contributed by atoms with Gasteiger partial charge >= 0.3 is 5.97 Å². The van der Waals surface area contributed by atoms with Crippen LogP contribution in [0.2, 0.25) is 0 Å². The molecule has 1 fully saturated rings. The second-order valence-corrected chi connectivity index (χ2v) is 4.07. The van der Waals surface area contributed by atoms with Crippen LogP contribution in [0.5, 0.6) is 0 Å². The first-order valence-corrected chi connectivity index (χ1v) is 5.49. The van der Waals surface area contributed by atoms with Gasteiger partial charge in [-0.1, -0.05) is 6.92 Å². The van der Waals surface area contributed by atoms with Crippen LogP contribution in [-0.4, -0.2) is 36.5 Å². The van der Waals surface area contributed by atoms with Crippen molar-refractivity contribution >= 4 is 5.97 Å². The number of ether oxygens (including phenoxy) is 2. The van der Waals surface area contributed by atoms with Crippen LogP contribution in [0.1, 0.15) is 33.1 Å². The average molecular weight is 216 g/mol. The molecule has 0 aliphatic heterocycles. The molecule has 0 aromatic rings. The molecule has 0 radical (unpaired) electrons. The van der Waals surface area contributed by atoms with Crippen molar-refractivity contribution in [3.63, 3.8) is 0 Å². The number of carbonyl (C=O) groups is 1. The number of rotatable bonds is 5. The molecule has 0 amide bonds. The lowest BCUT2D eigenvalue weighted by Crippen LogP contribution is -2.55. The Morgan fingerprint density at radius 2 is 2.13 bits per heavy atom. The highest BCUT2D eigenvalue weighted by Crippen LogP contribution is 2.42. The Morgan fingerprint density at radius 1 is 1.53 bits per heavy atom. The number of hydrogen-bond acceptors (Lipinski definition) is 4. The number of carbonyl (C=O) groups excluding carboxylic acids is 1. The van der Waals surface area contributed by atoms with E-state index >= 15 is 0 Å². The molecule has 4 nitrogen and oxygen atoms in total. The molecule has 1 N–H and O–H groups in total. The van der Waals surface area contributed by atoms with E-state index in [4.69, 9.17) is 4.74 Å². The lowest BCUT2D eigenvalue weighted by molar-refractivity contribution is -0.187. The van der Waals surface area contributed by atoms with Crippen molar-refractivity contribution in [3.8, 4) is 0 Å². The zero-order chi connectivity index (χ0) is 11.5. The third kappa shape index (κ3) is 2.49. The topological polar surface area (TPSA) is 55.8 Å². The summed E-state index contributed by atoms with van der Waals surface area (Å²) in [5.41, 5.74) is -0.915. The zero-order valence-electron chi connectivity index (χ0n) is 9.66. The van der Waals surface area contributed by atoms with E-state index in [1.807, 2.05) is 13.8 Å². The minimum atomic E-state index is -0.915. The fraction of sp³-hybridized carbons (Fsp3) is 0.909. The van der Waals surface area contributed by atoms with Crippen molar-refractivity contribution in [2.75, 3.05) is 13.7 Å². The summed E-state index contributed by atoms with van der Waals surface area (Å²) in [6.07, 6.45) is 1.77. The summed E-state index contributed by atoms with van der Waals surface area (Å²) in [7, 11) is 1.35. The molecule has 0 aromatic carbocycles. The summed E-state index contributed by atoms with van der Waals surface area (Å²) in [5, 5.41) is 10.2. The molecule has 0 saturated heterocycles. The molecular formula is C11H20O4. The summed E-state index contributed by atoms with van der Waals surface area (Å²) in [5.74, 6) is -0.742. The van der Waals surface area contributed by atoms with Gasteiger partial charge in [0.05, 0.1) is 24.7 Å². The molecule has 1 atom stereocenters. The second kappa shape index (κ2) is 4.94. The normalized spacial score (nSPS) is 31.9. The summed E-state index contributed by atoms with van der Waals surface area (Å²) >= 11 is 0. The first kappa shape index (κ1) is 12.5. The Hall–Kier alpha value is -0.610. The summed E-state index contributed by atoms with van der Waals surface area (Å²) in [6.45, 7) is 4.46. The van der Waals surface area contributed by atoms with E-state index in [1.54, 1.807) is 0 Å². The first-order valence-electron chi connectivity index (χ1n) is 5.49. The van der Waals surface area contributed by atoms with Gasteiger partial charge in [0.25, 0.3) is 0 Å². The lowest BCUT2D eigenvalue weighted by atomic mass is 9.68. The number of esters is 1. The van der Waals surface area contributed by atoms with Gasteiger partial charge in [-0.2, -0.15) is 0 Å². The minimum Gasteiger partial charge on any atom is -0.469 e. The summed E-state index contributed by atoms with van der Waals surface area (Å²) in [4.78, 5) is 11.4. The molecule has 15 heavy (non-hydrogen) atoms. The average Bonchev–Trinajstić information content (AvgIpc) is 2.16. The molecule has 1 aliphatic carbocycles. The van der Waals surface area contributed by atoms with E-state index in [1.165, 1.54) is 7.11 Å². The van der Waals surface area contributed by atoms with Crippen LogP contribution in [0.4, 0.5) is 0 Å². The smallest absolute Gasteiger partial charge is 0.311 e. The van der Waals surface area contributed by atoms with Crippen molar-refractivity contribution in [1.82, 2.24) is 0 Å². The standard InChI is InChI=1S/C11H20O4/c1-4-9(10(12)14-3)11(13)6-8(7-11)15-5-2/h8-9,13H,4-7H2,1-3H3. The Kier molecular flexibility index (Phi) is 4.11. The van der Waals surface area contributed by atoms with E-state index in [-0.39, 0.29) is 12.1 Å². The number of aliphatic hydroxyl groups is 1. The SMILES string of the molecule is CCOC1CC(O)(C(CC)C(=O)OC)C1. The molecule has 0 bridgehead atoms. The molecule has 0 spiro atoms. The van der Waals surface area contributed by atoms with Crippen LogP contribution >= 0.6 is 0 Å². The van der Waals surface area contributed by atoms with E-state index < -0.39 is 11.5 Å². The fourth-order valence-corrected chi connectivity index (χ4v) is 2.28. The van der Waals surface area contributed by atoms with Crippen molar-refractivity contribution in [3.05, 3.63) is 0 Å². The van der Waals surface area contributed by atoms with Crippen LogP contribution in [0.25, 0.3) is 0 Å². The maximum atomic E-state index is 11.4. The molecule has 1 aliphatic rings. The highest BCUT2D eigenvalue weighted by atomic mass is 16.5. The van der Waals surface area contributed by atoms with Crippen molar-refractivity contribution in [2.45, 2.75) is 44.8 Å². The van der Waals surface area contributed by atoms with E-state index in [2.05, 4.69) is 4.74 Å². The van der Waals surface area contributed by atoms with Crippen LogP contribution in [-0.2, 0) is 14.3 Å². The highest BCUT2D eigenvalue weighted by molar-refractivity contribution is 5.74. The van der Waals surface area contributed by atoms with E-state index in [0.717, 1.165) is 0 Å². The fourth-order valence-electron chi connectivity index (χ4n) is 2.28. The molecule has 1 saturated carbocycles. The Labute approximate surface area is 90.6 Å². The quantitative estimate of drug-likeness (QED) is 0.700. The molecule has 0 heterocycles. The van der Waals surface area contributed by atoms with Crippen LogP contribution in [0.15, 0.2) is 0 Å². The van der Waals surface area contributed by atoms with Gasteiger partial charge in [-0.25, -0.2) is 0 Å². The first-order chi connectivity index (χ1) is 7.07. The second-order valence-electron chi connectivity index (χ2n) is 4.07. The molecular weight excluding hydrogens is 196 g/mol. The van der Waals surface area contributed by atoms with Gasteiger partial charge in [-0.15, -0.1) is 0 Å². The van der Waals surface area contributed by atoms with Crippen molar-refractivity contribution in [1.29, 1.82) is 0 Å². The van der Waals surface area contributed by atoms with Crippen LogP contribution < -0.4 is 0 Å². The Bertz CT molecular complexity index is 221. The monoisotopic (exact) mass is 216 g/mol. The molecule has 1 unspecified atom stereocenters. The van der Waals surface area contributed by atoms with Gasteiger partial charge in [-0.3, -0.25) is 4.79 Å². The third-order valence-corrected chi connectivity index (χ3v) is 3.11. The van der Waals surface area contributed by atoms with Gasteiger partial charge in [0, 0.05) is 19.4 Å². The summed E-state index contributed by atoms with van der Waals surface area (Å²) in [6, 6.07) is 0. The Balaban J connectivity index is 2.52. The zero-order valence-corrected chi connectivity index (χ0v) is 9.66. The highest BCUT2D eigenvalue weighted by Gasteiger charge is 2.51. The van der Waals surface area contributed by atoms with E-state index in [0.29, 0.717) is 25.9 Å². The lowest BCUT2D eigenvalue weighted by Gasteiger charge is -2.46. The van der Waals surface area contributed by atoms with Crippen molar-refractivity contribution in [2.24, 2.45) is 5.92 Å². The minimum absolute atomic E-state index is 0.0960. The number of methoxy groups -OCH3 is 1. The van der Waals surface area contributed by atoms with Crippen molar-refractivity contribution < 1.29 is 19.4 Å². The molecule has 88 valence electrons. The van der Waals surface area contributed by atoms with Gasteiger partial charge in [0.15, 0.2) is 0 Å². The number of hydrogen-bond donors (Lipinski definition) is 1. The summed E-state index contributed by atoms with van der Waals surface area (Å²) < 4.78 is 10.0. The van der Waals surface area contributed by atoms with E-state index in [9.17, 15) is 9.90 Å². The van der Waals surface area contributed by atoms with Gasteiger partial charge in [0.1, 0.15) is 0 Å². The third-order valence-electron chi connectivity index (χ3n) is 3.11. The predicted octanol–water partition coefficient (Wildman–Crippen LogP) is 1.12.